The lowest BCUT2D eigenvalue weighted by Gasteiger charge is -2.28. The number of hydrogen-bond donors (Lipinski definition) is 2. The highest BCUT2D eigenvalue weighted by atomic mass is 32.1. The van der Waals surface area contributed by atoms with E-state index in [9.17, 15) is 19.2 Å². The third-order valence-electron chi connectivity index (χ3n) is 4.23. The molecule has 0 bridgehead atoms. The summed E-state index contributed by atoms with van der Waals surface area (Å²) in [4.78, 5) is 49.9. The minimum Gasteiger partial charge on any atom is -0.480 e. The maximum atomic E-state index is 12.6. The standard InChI is InChI=1S/C16H21N3O5S/c1-10(20)19(8-14(21)22)12-3-2-5-18(6-4-12)16(24)13-7-11(9-25-13)15(17)23/h7,9,12H,2-6,8H2,1H3,(H2,17,23)(H,21,22). The van der Waals surface area contributed by atoms with Gasteiger partial charge >= 0.3 is 5.97 Å². The van der Waals surface area contributed by atoms with Crippen LogP contribution in [0.5, 0.6) is 0 Å². The van der Waals surface area contributed by atoms with Crippen molar-refractivity contribution in [1.29, 1.82) is 0 Å². The maximum absolute atomic E-state index is 12.6. The number of rotatable bonds is 5. The van der Waals surface area contributed by atoms with Crippen molar-refractivity contribution in [2.75, 3.05) is 19.6 Å². The van der Waals surface area contributed by atoms with Crippen molar-refractivity contribution in [3.8, 4) is 0 Å². The lowest BCUT2D eigenvalue weighted by molar-refractivity contribution is -0.145. The lowest BCUT2D eigenvalue weighted by atomic mass is 10.1. The average Bonchev–Trinajstić information content (AvgIpc) is 2.91. The number of likely N-dealkylation sites (tertiary alicyclic amines) is 1. The van der Waals surface area contributed by atoms with Crippen molar-refractivity contribution in [3.05, 3.63) is 21.9 Å². The number of carbonyl (C=O) groups is 4. The van der Waals surface area contributed by atoms with Crippen molar-refractivity contribution in [3.63, 3.8) is 0 Å². The van der Waals surface area contributed by atoms with Gasteiger partial charge in [0.05, 0.1) is 10.4 Å². The van der Waals surface area contributed by atoms with Gasteiger partial charge in [0.1, 0.15) is 6.54 Å². The zero-order valence-electron chi connectivity index (χ0n) is 13.9. The number of nitrogens with zero attached hydrogens (tertiary/aromatic N) is 2. The Labute approximate surface area is 149 Å². The number of hydrogen-bond acceptors (Lipinski definition) is 5. The van der Waals surface area contributed by atoms with E-state index in [0.717, 1.165) is 0 Å². The van der Waals surface area contributed by atoms with Crippen LogP contribution in [0.1, 0.15) is 46.2 Å². The minimum atomic E-state index is -1.05. The summed E-state index contributed by atoms with van der Waals surface area (Å²) in [5.74, 6) is -2.08. The number of aliphatic carboxylic acids is 1. The first-order valence-electron chi connectivity index (χ1n) is 7.96. The fourth-order valence-corrected chi connectivity index (χ4v) is 3.83. The molecule has 3 amide bonds. The van der Waals surface area contributed by atoms with Crippen molar-refractivity contribution in [1.82, 2.24) is 9.80 Å². The highest BCUT2D eigenvalue weighted by Crippen LogP contribution is 2.21. The Morgan fingerprint density at radius 1 is 1.32 bits per heavy atom. The fourth-order valence-electron chi connectivity index (χ4n) is 2.97. The Morgan fingerprint density at radius 2 is 2.04 bits per heavy atom. The van der Waals surface area contributed by atoms with Crippen LogP contribution in [0.25, 0.3) is 0 Å². The first-order chi connectivity index (χ1) is 11.8. The van der Waals surface area contributed by atoms with Gasteiger partial charge in [-0.05, 0) is 25.3 Å². The molecule has 0 spiro atoms. The molecule has 0 aromatic carbocycles. The predicted molar refractivity (Wildman–Crippen MR) is 91.4 cm³/mol. The van der Waals surface area contributed by atoms with E-state index in [2.05, 4.69) is 0 Å². The number of thiophene rings is 1. The third kappa shape index (κ3) is 4.79. The normalized spacial score (nSPS) is 17.6. The first kappa shape index (κ1) is 18.9. The van der Waals surface area contributed by atoms with Gasteiger partial charge in [0, 0.05) is 31.4 Å². The molecule has 25 heavy (non-hydrogen) atoms. The molecule has 1 saturated heterocycles. The lowest BCUT2D eigenvalue weighted by Crippen LogP contribution is -2.43. The molecule has 1 atom stereocenters. The van der Waals surface area contributed by atoms with E-state index >= 15 is 0 Å². The van der Waals surface area contributed by atoms with Crippen molar-refractivity contribution in [2.24, 2.45) is 5.73 Å². The molecule has 1 unspecified atom stereocenters. The van der Waals surface area contributed by atoms with Gasteiger partial charge in [-0.15, -0.1) is 11.3 Å². The number of nitrogens with two attached hydrogens (primary N) is 1. The first-order valence-corrected chi connectivity index (χ1v) is 8.84. The van der Waals surface area contributed by atoms with E-state index in [1.165, 1.54) is 29.2 Å². The number of primary amides is 1. The van der Waals surface area contributed by atoms with Crippen LogP contribution >= 0.6 is 11.3 Å². The summed E-state index contributed by atoms with van der Waals surface area (Å²) in [6.07, 6.45) is 1.84. The van der Waals surface area contributed by atoms with Crippen LogP contribution in [-0.4, -0.2) is 64.3 Å². The average molecular weight is 367 g/mol. The molecule has 3 N–H and O–H groups in total. The van der Waals surface area contributed by atoms with Gasteiger partial charge in [-0.25, -0.2) is 0 Å². The van der Waals surface area contributed by atoms with Gasteiger partial charge in [-0.1, -0.05) is 0 Å². The van der Waals surface area contributed by atoms with Gasteiger partial charge in [0.15, 0.2) is 0 Å². The van der Waals surface area contributed by atoms with E-state index in [0.29, 0.717) is 42.8 Å². The van der Waals surface area contributed by atoms with Crippen molar-refractivity contribution < 1.29 is 24.3 Å². The van der Waals surface area contributed by atoms with Gasteiger partial charge in [-0.3, -0.25) is 19.2 Å². The summed E-state index contributed by atoms with van der Waals surface area (Å²) < 4.78 is 0. The van der Waals surface area contributed by atoms with Crippen LogP contribution in [0.15, 0.2) is 11.4 Å². The van der Waals surface area contributed by atoms with Gasteiger partial charge < -0.3 is 20.6 Å². The molecular weight excluding hydrogens is 346 g/mol. The molecule has 2 rings (SSSR count). The Hall–Kier alpha value is -2.42. The molecule has 0 aliphatic carbocycles. The molecule has 136 valence electrons. The number of carbonyl (C=O) groups excluding carboxylic acids is 3. The van der Waals surface area contributed by atoms with Crippen LogP contribution in [0.2, 0.25) is 0 Å². The second kappa shape index (κ2) is 8.11. The fraction of sp³-hybridized carbons (Fsp3) is 0.500. The molecule has 0 radical (unpaired) electrons. The van der Waals surface area contributed by atoms with E-state index in [1.54, 1.807) is 10.3 Å². The summed E-state index contributed by atoms with van der Waals surface area (Å²) in [5, 5.41) is 10.5. The highest BCUT2D eigenvalue weighted by Gasteiger charge is 2.28. The summed E-state index contributed by atoms with van der Waals surface area (Å²) in [7, 11) is 0. The Kier molecular flexibility index (Phi) is 6.13. The monoisotopic (exact) mass is 367 g/mol. The van der Waals surface area contributed by atoms with Gasteiger partial charge in [-0.2, -0.15) is 0 Å². The quantitative estimate of drug-likeness (QED) is 0.796. The van der Waals surface area contributed by atoms with E-state index < -0.39 is 11.9 Å². The Balaban J connectivity index is 2.04. The Morgan fingerprint density at radius 3 is 2.60 bits per heavy atom. The summed E-state index contributed by atoms with van der Waals surface area (Å²) in [6.45, 7) is 1.98. The summed E-state index contributed by atoms with van der Waals surface area (Å²) >= 11 is 1.17. The number of carboxylic acid groups (broad SMARTS) is 1. The third-order valence-corrected chi connectivity index (χ3v) is 5.15. The van der Waals surface area contributed by atoms with Crippen LogP contribution < -0.4 is 5.73 Å². The minimum absolute atomic E-state index is 0.175. The number of amides is 3. The molecule has 1 aliphatic rings. The van der Waals surface area contributed by atoms with E-state index in [1.807, 2.05) is 0 Å². The molecule has 1 aromatic heterocycles. The molecule has 1 fully saturated rings. The van der Waals surface area contributed by atoms with E-state index in [-0.39, 0.29) is 24.4 Å². The SMILES string of the molecule is CC(=O)N(CC(=O)O)C1CCCN(C(=O)c2cc(C(N)=O)cs2)CC1. The molecular formula is C16H21N3O5S. The van der Waals surface area contributed by atoms with E-state index in [4.69, 9.17) is 10.8 Å². The van der Waals surface area contributed by atoms with Crippen molar-refractivity contribution >= 4 is 35.0 Å². The molecule has 9 heteroatoms. The van der Waals surface area contributed by atoms with Crippen LogP contribution in [-0.2, 0) is 9.59 Å². The topological polar surface area (TPSA) is 121 Å². The zero-order valence-corrected chi connectivity index (χ0v) is 14.8. The predicted octanol–water partition coefficient (Wildman–Crippen LogP) is 0.775. The molecule has 1 aliphatic heterocycles. The van der Waals surface area contributed by atoms with Crippen LogP contribution in [0, 0.1) is 0 Å². The number of carboxylic acids is 1. The Bertz CT molecular complexity index is 687. The van der Waals surface area contributed by atoms with Gasteiger partial charge in [0.2, 0.25) is 11.8 Å². The summed E-state index contributed by atoms with van der Waals surface area (Å²) in [6, 6.07) is 1.29. The largest absolute Gasteiger partial charge is 0.480 e. The second-order valence-electron chi connectivity index (χ2n) is 5.98. The van der Waals surface area contributed by atoms with Crippen LogP contribution in [0.4, 0.5) is 0 Å². The zero-order chi connectivity index (χ0) is 18.6. The molecule has 8 nitrogen and oxygen atoms in total. The van der Waals surface area contributed by atoms with Crippen molar-refractivity contribution in [2.45, 2.75) is 32.2 Å². The van der Waals surface area contributed by atoms with Crippen LogP contribution in [0.3, 0.4) is 0 Å². The molecule has 1 aromatic rings. The smallest absolute Gasteiger partial charge is 0.323 e. The molecule has 2 heterocycles. The summed E-state index contributed by atoms with van der Waals surface area (Å²) in [5.41, 5.74) is 5.52. The van der Waals surface area contributed by atoms with Gasteiger partial charge in [0.25, 0.3) is 5.91 Å². The molecule has 0 saturated carbocycles. The highest BCUT2D eigenvalue weighted by molar-refractivity contribution is 7.12. The second-order valence-corrected chi connectivity index (χ2v) is 6.89. The maximum Gasteiger partial charge on any atom is 0.323 e.